The highest BCUT2D eigenvalue weighted by Crippen LogP contribution is 2.26. The van der Waals surface area contributed by atoms with Crippen LogP contribution >= 0.6 is 23.1 Å². The van der Waals surface area contributed by atoms with E-state index in [1.165, 1.54) is 47.9 Å². The van der Waals surface area contributed by atoms with Gasteiger partial charge in [-0.15, -0.1) is 10.2 Å². The van der Waals surface area contributed by atoms with Gasteiger partial charge in [0.05, 0.1) is 5.75 Å². The van der Waals surface area contributed by atoms with Crippen molar-refractivity contribution in [1.29, 1.82) is 0 Å². The number of aromatic nitrogens is 2. The molecule has 1 aliphatic rings. The van der Waals surface area contributed by atoms with E-state index in [2.05, 4.69) is 41.6 Å². The molecule has 1 fully saturated rings. The van der Waals surface area contributed by atoms with Crippen LogP contribution in [0.5, 0.6) is 0 Å². The Morgan fingerprint density at radius 1 is 1.10 bits per heavy atom. The van der Waals surface area contributed by atoms with E-state index >= 15 is 0 Å². The average molecular weight is 433 g/mol. The number of carbonyl (C=O) groups excluding carboxylic acids is 2. The van der Waals surface area contributed by atoms with Gasteiger partial charge in [0.15, 0.2) is 4.34 Å². The van der Waals surface area contributed by atoms with Crippen LogP contribution in [0.2, 0.25) is 0 Å². The molecule has 8 heteroatoms. The van der Waals surface area contributed by atoms with Crippen LogP contribution in [0.3, 0.4) is 0 Å². The van der Waals surface area contributed by atoms with Crippen molar-refractivity contribution in [3.63, 3.8) is 0 Å². The molecular weight excluding hydrogens is 404 g/mol. The molecule has 0 saturated heterocycles. The largest absolute Gasteiger partial charge is 0.353 e. The second kappa shape index (κ2) is 9.71. The first-order chi connectivity index (χ1) is 13.8. The number of thioether (sulfide) groups is 1. The van der Waals surface area contributed by atoms with Crippen molar-refractivity contribution in [2.24, 2.45) is 0 Å². The standard InChI is InChI=1S/C21H28N4O2S2/c1-21(2,3)15-11-9-14(10-12-15)18(27)23-19-24-25-20(29-19)28-13-17(26)22-16-7-5-4-6-8-16/h9-12,16H,4-8,13H2,1-3H3,(H,22,26)(H,23,24,27). The molecule has 0 unspecified atom stereocenters. The van der Waals surface area contributed by atoms with Crippen molar-refractivity contribution in [3.8, 4) is 0 Å². The van der Waals surface area contributed by atoms with Crippen LogP contribution in [0, 0.1) is 0 Å². The van der Waals surface area contributed by atoms with Gasteiger partial charge in [0.25, 0.3) is 5.91 Å². The highest BCUT2D eigenvalue weighted by molar-refractivity contribution is 8.01. The molecule has 0 aliphatic heterocycles. The minimum absolute atomic E-state index is 0.0293. The zero-order valence-electron chi connectivity index (χ0n) is 17.2. The number of benzene rings is 1. The summed E-state index contributed by atoms with van der Waals surface area (Å²) >= 11 is 2.63. The molecule has 29 heavy (non-hydrogen) atoms. The van der Waals surface area contributed by atoms with Gasteiger partial charge in [0.1, 0.15) is 0 Å². The first-order valence-corrected chi connectivity index (χ1v) is 11.8. The third-order valence-electron chi connectivity index (χ3n) is 4.94. The van der Waals surface area contributed by atoms with Gasteiger partial charge in [-0.2, -0.15) is 0 Å². The minimum atomic E-state index is -0.215. The van der Waals surface area contributed by atoms with Crippen molar-refractivity contribution >= 4 is 40.0 Å². The normalized spacial score (nSPS) is 15.1. The molecule has 1 heterocycles. The Morgan fingerprint density at radius 3 is 2.45 bits per heavy atom. The molecule has 3 rings (SSSR count). The fraction of sp³-hybridized carbons (Fsp3) is 0.524. The Kier molecular flexibility index (Phi) is 7.29. The third kappa shape index (κ3) is 6.54. The number of nitrogens with zero attached hydrogens (tertiary/aromatic N) is 2. The fourth-order valence-electron chi connectivity index (χ4n) is 3.25. The highest BCUT2D eigenvalue weighted by Gasteiger charge is 2.17. The monoisotopic (exact) mass is 432 g/mol. The summed E-state index contributed by atoms with van der Waals surface area (Å²) in [5, 5.41) is 14.4. The van der Waals surface area contributed by atoms with Crippen molar-refractivity contribution in [3.05, 3.63) is 35.4 Å². The topological polar surface area (TPSA) is 84.0 Å². The predicted molar refractivity (Wildman–Crippen MR) is 119 cm³/mol. The average Bonchev–Trinajstić information content (AvgIpc) is 3.14. The second-order valence-corrected chi connectivity index (χ2v) is 10.5. The molecular formula is C21H28N4O2S2. The second-order valence-electron chi connectivity index (χ2n) is 8.35. The summed E-state index contributed by atoms with van der Waals surface area (Å²) in [5.74, 6) is 0.127. The number of nitrogens with one attached hydrogen (secondary N) is 2. The van der Waals surface area contributed by atoms with Crippen LogP contribution in [0.15, 0.2) is 28.6 Å². The summed E-state index contributed by atoms with van der Waals surface area (Å²) in [7, 11) is 0. The van der Waals surface area contributed by atoms with E-state index in [4.69, 9.17) is 0 Å². The van der Waals surface area contributed by atoms with E-state index in [9.17, 15) is 9.59 Å². The van der Waals surface area contributed by atoms with Crippen molar-refractivity contribution in [2.45, 2.75) is 68.7 Å². The summed E-state index contributed by atoms with van der Waals surface area (Å²) in [4.78, 5) is 24.5. The lowest BCUT2D eigenvalue weighted by Crippen LogP contribution is -2.37. The molecule has 0 atom stereocenters. The molecule has 2 N–H and O–H groups in total. The van der Waals surface area contributed by atoms with E-state index in [-0.39, 0.29) is 17.2 Å². The van der Waals surface area contributed by atoms with Crippen LogP contribution in [-0.2, 0) is 10.2 Å². The molecule has 2 amide bonds. The van der Waals surface area contributed by atoms with Gasteiger partial charge in [-0.1, -0.05) is 75.3 Å². The van der Waals surface area contributed by atoms with Crippen LogP contribution < -0.4 is 10.6 Å². The lowest BCUT2D eigenvalue weighted by Gasteiger charge is -2.22. The maximum Gasteiger partial charge on any atom is 0.257 e. The van der Waals surface area contributed by atoms with Crippen LogP contribution in [0.4, 0.5) is 5.13 Å². The Balaban J connectivity index is 1.48. The lowest BCUT2D eigenvalue weighted by atomic mass is 9.87. The van der Waals surface area contributed by atoms with Gasteiger partial charge in [-0.25, -0.2) is 0 Å². The van der Waals surface area contributed by atoms with Gasteiger partial charge in [-0.05, 0) is 36.0 Å². The predicted octanol–water partition coefficient (Wildman–Crippen LogP) is 4.63. The summed E-state index contributed by atoms with van der Waals surface area (Å²) in [6.45, 7) is 6.41. The van der Waals surface area contributed by atoms with Crippen molar-refractivity contribution in [2.75, 3.05) is 11.1 Å². The maximum absolute atomic E-state index is 12.4. The van der Waals surface area contributed by atoms with E-state index in [0.717, 1.165) is 12.8 Å². The number of anilines is 1. The van der Waals surface area contributed by atoms with Crippen molar-refractivity contribution in [1.82, 2.24) is 15.5 Å². The number of amides is 2. The van der Waals surface area contributed by atoms with Gasteiger partial charge < -0.3 is 5.32 Å². The van der Waals surface area contributed by atoms with Gasteiger partial charge >= 0.3 is 0 Å². The SMILES string of the molecule is CC(C)(C)c1ccc(C(=O)Nc2nnc(SCC(=O)NC3CCCCC3)s2)cc1. The first kappa shape index (κ1) is 21.8. The quantitative estimate of drug-likeness (QED) is 0.514. The molecule has 1 saturated carbocycles. The molecule has 0 spiro atoms. The molecule has 6 nitrogen and oxygen atoms in total. The van der Waals surface area contributed by atoms with Crippen LogP contribution in [0.1, 0.15) is 68.8 Å². The van der Waals surface area contributed by atoms with E-state index in [1.54, 1.807) is 0 Å². The molecule has 1 aromatic heterocycles. The molecule has 0 bridgehead atoms. The maximum atomic E-state index is 12.4. The Morgan fingerprint density at radius 2 is 1.79 bits per heavy atom. The van der Waals surface area contributed by atoms with E-state index in [1.807, 2.05) is 24.3 Å². The lowest BCUT2D eigenvalue weighted by molar-refractivity contribution is -0.119. The highest BCUT2D eigenvalue weighted by atomic mass is 32.2. The fourth-order valence-corrected chi connectivity index (χ4v) is 4.81. The summed E-state index contributed by atoms with van der Waals surface area (Å²) in [6, 6.07) is 7.90. The van der Waals surface area contributed by atoms with Gasteiger partial charge in [-0.3, -0.25) is 14.9 Å². The number of carbonyl (C=O) groups is 2. The number of hydrogen-bond donors (Lipinski definition) is 2. The van der Waals surface area contributed by atoms with E-state index in [0.29, 0.717) is 26.8 Å². The first-order valence-electron chi connectivity index (χ1n) is 9.99. The minimum Gasteiger partial charge on any atom is -0.353 e. The molecule has 2 aromatic rings. The van der Waals surface area contributed by atoms with Crippen LogP contribution in [0.25, 0.3) is 0 Å². The molecule has 1 aromatic carbocycles. The van der Waals surface area contributed by atoms with Crippen LogP contribution in [-0.4, -0.2) is 33.8 Å². The zero-order chi connectivity index (χ0) is 20.9. The zero-order valence-corrected chi connectivity index (χ0v) is 18.8. The molecule has 156 valence electrons. The van der Waals surface area contributed by atoms with Crippen molar-refractivity contribution < 1.29 is 9.59 Å². The summed E-state index contributed by atoms with van der Waals surface area (Å²) in [5.41, 5.74) is 1.80. The smallest absolute Gasteiger partial charge is 0.257 e. The summed E-state index contributed by atoms with van der Waals surface area (Å²) < 4.78 is 0.669. The van der Waals surface area contributed by atoms with Gasteiger partial charge in [0, 0.05) is 11.6 Å². The van der Waals surface area contributed by atoms with Gasteiger partial charge in [0.2, 0.25) is 11.0 Å². The Bertz CT molecular complexity index is 837. The Hall–Kier alpha value is -1.93. The number of hydrogen-bond acceptors (Lipinski definition) is 6. The number of rotatable bonds is 6. The molecule has 0 radical (unpaired) electrons. The van der Waals surface area contributed by atoms with E-state index < -0.39 is 0 Å². The Labute approximate surface area is 180 Å². The third-order valence-corrected chi connectivity index (χ3v) is 6.91. The molecule has 1 aliphatic carbocycles. The summed E-state index contributed by atoms with van der Waals surface area (Å²) in [6.07, 6.45) is 5.79.